The van der Waals surface area contributed by atoms with E-state index < -0.39 is 8.07 Å². The zero-order chi connectivity index (χ0) is 13.8. The molecule has 0 radical (unpaired) electrons. The fourth-order valence-electron chi connectivity index (χ4n) is 2.43. The monoisotopic (exact) mass is 271 g/mol. The minimum absolute atomic E-state index is 0.0888. The smallest absolute Gasteiger partial charge is 0.220 e. The van der Waals surface area contributed by atoms with Crippen molar-refractivity contribution in [3.05, 3.63) is 0 Å². The molecule has 1 fully saturated rings. The van der Waals surface area contributed by atoms with Crippen LogP contribution in [0.3, 0.4) is 0 Å². The van der Waals surface area contributed by atoms with Gasteiger partial charge >= 0.3 is 0 Å². The van der Waals surface area contributed by atoms with Crippen LogP contribution in [-0.4, -0.2) is 32.2 Å². The molecule has 1 atom stereocenters. The van der Waals surface area contributed by atoms with E-state index in [1.807, 2.05) is 0 Å². The molecule has 0 saturated carbocycles. The van der Waals surface area contributed by atoms with E-state index in [4.69, 9.17) is 4.74 Å². The molecule has 0 spiro atoms. The maximum Gasteiger partial charge on any atom is 0.220 e. The van der Waals surface area contributed by atoms with E-state index in [-0.39, 0.29) is 11.5 Å². The second-order valence-corrected chi connectivity index (χ2v) is 12.9. The SMILES string of the molecule is CC1(C)C[C@H](NC(=O)CCC[Si](C)(C)C)CCO1. The Labute approximate surface area is 113 Å². The van der Waals surface area contributed by atoms with E-state index >= 15 is 0 Å². The van der Waals surface area contributed by atoms with Crippen LogP contribution in [0.1, 0.15) is 39.5 Å². The van der Waals surface area contributed by atoms with Crippen LogP contribution in [-0.2, 0) is 9.53 Å². The van der Waals surface area contributed by atoms with Crippen LogP contribution < -0.4 is 5.32 Å². The Morgan fingerprint density at radius 3 is 2.61 bits per heavy atom. The van der Waals surface area contributed by atoms with Crippen LogP contribution in [0.15, 0.2) is 0 Å². The Balaban J connectivity index is 2.24. The van der Waals surface area contributed by atoms with E-state index in [9.17, 15) is 4.79 Å². The number of rotatable bonds is 5. The molecule has 1 saturated heterocycles. The third kappa shape index (κ3) is 6.54. The number of carbonyl (C=O) groups excluding carboxylic acids is 1. The summed E-state index contributed by atoms with van der Waals surface area (Å²) in [5.74, 6) is 0.218. The lowest BCUT2D eigenvalue weighted by Crippen LogP contribution is -2.45. The average Bonchev–Trinajstić information content (AvgIpc) is 2.13. The van der Waals surface area contributed by atoms with Gasteiger partial charge in [-0.25, -0.2) is 0 Å². The van der Waals surface area contributed by atoms with Crippen LogP contribution in [0.2, 0.25) is 25.7 Å². The summed E-state index contributed by atoms with van der Waals surface area (Å²) in [4.78, 5) is 11.9. The summed E-state index contributed by atoms with van der Waals surface area (Å²) < 4.78 is 5.66. The van der Waals surface area contributed by atoms with Crippen LogP contribution in [0.25, 0.3) is 0 Å². The molecule has 3 nitrogen and oxygen atoms in total. The quantitative estimate of drug-likeness (QED) is 0.780. The van der Waals surface area contributed by atoms with E-state index in [0.29, 0.717) is 12.5 Å². The highest BCUT2D eigenvalue weighted by atomic mass is 28.3. The molecule has 106 valence electrons. The predicted octanol–water partition coefficient (Wildman–Crippen LogP) is 3.18. The highest BCUT2D eigenvalue weighted by Gasteiger charge is 2.29. The van der Waals surface area contributed by atoms with Crippen molar-refractivity contribution in [2.75, 3.05) is 6.61 Å². The highest BCUT2D eigenvalue weighted by Crippen LogP contribution is 2.24. The molecule has 0 aromatic heterocycles. The summed E-state index contributed by atoms with van der Waals surface area (Å²) in [5, 5.41) is 3.16. The minimum atomic E-state index is -0.999. The topological polar surface area (TPSA) is 38.3 Å². The Kier molecular flexibility index (Phi) is 5.41. The summed E-state index contributed by atoms with van der Waals surface area (Å²) in [6, 6.07) is 1.54. The molecular formula is C14H29NO2Si. The molecule has 1 aliphatic heterocycles. The van der Waals surface area contributed by atoms with Crippen LogP contribution >= 0.6 is 0 Å². The molecule has 0 aliphatic carbocycles. The van der Waals surface area contributed by atoms with Gasteiger partial charge in [0, 0.05) is 27.1 Å². The van der Waals surface area contributed by atoms with Gasteiger partial charge in [0.2, 0.25) is 5.91 Å². The van der Waals surface area contributed by atoms with Gasteiger partial charge in [-0.2, -0.15) is 0 Å². The maximum absolute atomic E-state index is 11.9. The minimum Gasteiger partial charge on any atom is -0.375 e. The van der Waals surface area contributed by atoms with Crippen molar-refractivity contribution < 1.29 is 9.53 Å². The first-order valence-corrected chi connectivity index (χ1v) is 10.8. The predicted molar refractivity (Wildman–Crippen MR) is 78.6 cm³/mol. The second kappa shape index (κ2) is 6.20. The summed E-state index contributed by atoms with van der Waals surface area (Å²) in [5.41, 5.74) is -0.0888. The van der Waals surface area contributed by atoms with Crippen molar-refractivity contribution in [2.45, 2.75) is 76.9 Å². The molecule has 0 bridgehead atoms. The third-order valence-corrected chi connectivity index (χ3v) is 5.25. The summed E-state index contributed by atoms with van der Waals surface area (Å²) in [6.45, 7) is 12.0. The zero-order valence-electron chi connectivity index (χ0n) is 12.6. The van der Waals surface area contributed by atoms with Gasteiger partial charge in [0.1, 0.15) is 0 Å². The average molecular weight is 271 g/mol. The molecular weight excluding hydrogens is 242 g/mol. The molecule has 1 heterocycles. The normalized spacial score (nSPS) is 23.7. The fourth-order valence-corrected chi connectivity index (χ4v) is 3.67. The summed E-state index contributed by atoms with van der Waals surface area (Å²) >= 11 is 0. The summed E-state index contributed by atoms with van der Waals surface area (Å²) in [6.07, 6.45) is 3.59. The molecule has 1 amide bonds. The third-order valence-electron chi connectivity index (χ3n) is 3.39. The molecule has 1 N–H and O–H groups in total. The van der Waals surface area contributed by atoms with Crippen molar-refractivity contribution >= 4 is 14.0 Å². The van der Waals surface area contributed by atoms with E-state index in [1.54, 1.807) is 0 Å². The molecule has 0 aromatic carbocycles. The molecule has 1 rings (SSSR count). The number of amides is 1. The van der Waals surface area contributed by atoms with Gasteiger partial charge in [-0.05, 0) is 33.1 Å². The van der Waals surface area contributed by atoms with Gasteiger partial charge in [0.15, 0.2) is 0 Å². The van der Waals surface area contributed by atoms with Gasteiger partial charge in [-0.1, -0.05) is 25.7 Å². The number of ether oxygens (including phenoxy) is 1. The lowest BCUT2D eigenvalue weighted by Gasteiger charge is -2.35. The number of hydrogen-bond acceptors (Lipinski definition) is 2. The van der Waals surface area contributed by atoms with Crippen molar-refractivity contribution in [3.8, 4) is 0 Å². The zero-order valence-corrected chi connectivity index (χ0v) is 13.6. The largest absolute Gasteiger partial charge is 0.375 e. The number of carbonyl (C=O) groups is 1. The molecule has 18 heavy (non-hydrogen) atoms. The summed E-state index contributed by atoms with van der Waals surface area (Å²) in [7, 11) is -0.999. The second-order valence-electron chi connectivity index (χ2n) is 7.28. The first-order valence-electron chi connectivity index (χ1n) is 7.11. The Hall–Kier alpha value is -0.353. The number of nitrogens with one attached hydrogen (secondary N) is 1. The van der Waals surface area contributed by atoms with E-state index in [0.717, 1.165) is 25.9 Å². The number of hydrogen-bond donors (Lipinski definition) is 1. The van der Waals surface area contributed by atoms with Crippen molar-refractivity contribution in [1.29, 1.82) is 0 Å². The van der Waals surface area contributed by atoms with Gasteiger partial charge < -0.3 is 10.1 Å². The van der Waals surface area contributed by atoms with Crippen LogP contribution in [0, 0.1) is 0 Å². The molecule has 1 aliphatic rings. The van der Waals surface area contributed by atoms with Crippen molar-refractivity contribution in [1.82, 2.24) is 5.32 Å². The van der Waals surface area contributed by atoms with Gasteiger partial charge in [-0.15, -0.1) is 0 Å². The van der Waals surface area contributed by atoms with Crippen molar-refractivity contribution in [2.24, 2.45) is 0 Å². The van der Waals surface area contributed by atoms with Gasteiger partial charge in [-0.3, -0.25) is 4.79 Å². The molecule has 0 unspecified atom stereocenters. The van der Waals surface area contributed by atoms with E-state index in [2.05, 4.69) is 38.8 Å². The molecule has 0 aromatic rings. The maximum atomic E-state index is 11.9. The Morgan fingerprint density at radius 2 is 2.06 bits per heavy atom. The first kappa shape index (κ1) is 15.7. The standard InChI is InChI=1S/C14H29NO2Si/c1-14(2)11-12(8-9-17-14)15-13(16)7-6-10-18(3,4)5/h12H,6-11H2,1-5H3,(H,15,16)/t12-/m1/s1. The fraction of sp³-hybridized carbons (Fsp3) is 0.929. The van der Waals surface area contributed by atoms with Crippen LogP contribution in [0.5, 0.6) is 0 Å². The van der Waals surface area contributed by atoms with Gasteiger partial charge in [0.25, 0.3) is 0 Å². The first-order chi connectivity index (χ1) is 8.18. The van der Waals surface area contributed by atoms with Crippen LogP contribution in [0.4, 0.5) is 0 Å². The van der Waals surface area contributed by atoms with Gasteiger partial charge in [0.05, 0.1) is 5.60 Å². The Bertz CT molecular complexity index is 284. The lowest BCUT2D eigenvalue weighted by atomic mass is 9.94. The van der Waals surface area contributed by atoms with E-state index in [1.165, 1.54) is 6.04 Å². The van der Waals surface area contributed by atoms with Crippen molar-refractivity contribution in [3.63, 3.8) is 0 Å². The molecule has 4 heteroatoms. The lowest BCUT2D eigenvalue weighted by molar-refractivity contribution is -0.124. The highest BCUT2D eigenvalue weighted by molar-refractivity contribution is 6.76. The Morgan fingerprint density at radius 1 is 1.39 bits per heavy atom.